The lowest BCUT2D eigenvalue weighted by atomic mass is 9.85. The molecular formula is C53H43N5. The SMILES string of the molecule is CC(C)(C)c1ccnc(-n2c3ccccc3c3ccc(C(=C(c4ccccc4)c4ccccc4)c4cccc(N5CN(c6ccccc6)c6cccnc65)c4)cc32)c1. The number of pyridine rings is 2. The molecule has 0 spiro atoms. The van der Waals surface area contributed by atoms with Crippen molar-refractivity contribution >= 4 is 55.8 Å². The minimum Gasteiger partial charge on any atom is -0.320 e. The average molecular weight is 750 g/mol. The molecule has 4 heterocycles. The summed E-state index contributed by atoms with van der Waals surface area (Å²) in [6.45, 7) is 7.42. The second kappa shape index (κ2) is 14.4. The summed E-state index contributed by atoms with van der Waals surface area (Å²) in [5.74, 6) is 1.86. The van der Waals surface area contributed by atoms with Crippen molar-refractivity contribution in [2.45, 2.75) is 26.2 Å². The molecule has 1 aliphatic rings. The Morgan fingerprint density at radius 3 is 1.83 bits per heavy atom. The zero-order valence-corrected chi connectivity index (χ0v) is 32.9. The van der Waals surface area contributed by atoms with E-state index in [-0.39, 0.29) is 5.41 Å². The molecule has 0 aliphatic carbocycles. The number of nitrogens with zero attached hydrogens (tertiary/aromatic N) is 5. The molecule has 0 fully saturated rings. The van der Waals surface area contributed by atoms with Gasteiger partial charge in [0.25, 0.3) is 0 Å². The van der Waals surface area contributed by atoms with E-state index in [4.69, 9.17) is 9.97 Å². The molecule has 58 heavy (non-hydrogen) atoms. The van der Waals surface area contributed by atoms with Crippen LogP contribution in [0, 0.1) is 0 Å². The largest absolute Gasteiger partial charge is 0.320 e. The second-order valence-corrected chi connectivity index (χ2v) is 15.9. The van der Waals surface area contributed by atoms with Gasteiger partial charge in [-0.15, -0.1) is 0 Å². The highest BCUT2D eigenvalue weighted by molar-refractivity contribution is 6.12. The topological polar surface area (TPSA) is 37.2 Å². The van der Waals surface area contributed by atoms with Gasteiger partial charge in [0.15, 0.2) is 5.82 Å². The summed E-state index contributed by atoms with van der Waals surface area (Å²) < 4.78 is 2.34. The van der Waals surface area contributed by atoms with Gasteiger partial charge in [0.05, 0.1) is 16.7 Å². The number of hydrogen-bond donors (Lipinski definition) is 0. The third-order valence-electron chi connectivity index (χ3n) is 11.3. The van der Waals surface area contributed by atoms with E-state index in [1.54, 1.807) is 0 Å². The first-order chi connectivity index (χ1) is 28.4. The summed E-state index contributed by atoms with van der Waals surface area (Å²) in [6, 6.07) is 65.4. The van der Waals surface area contributed by atoms with E-state index in [0.29, 0.717) is 6.67 Å². The van der Waals surface area contributed by atoms with Gasteiger partial charge >= 0.3 is 0 Å². The maximum absolute atomic E-state index is 5.00. The fraction of sp³-hybridized carbons (Fsp3) is 0.0943. The van der Waals surface area contributed by atoms with Crippen molar-refractivity contribution < 1.29 is 0 Å². The monoisotopic (exact) mass is 749 g/mol. The van der Waals surface area contributed by atoms with Gasteiger partial charge in [0.1, 0.15) is 12.5 Å². The number of fused-ring (bicyclic) bond motifs is 4. The first-order valence-electron chi connectivity index (χ1n) is 19.9. The molecule has 10 rings (SSSR count). The van der Waals surface area contributed by atoms with Crippen molar-refractivity contribution in [3.8, 4) is 5.82 Å². The summed E-state index contributed by atoms with van der Waals surface area (Å²) in [6.07, 6.45) is 3.84. The van der Waals surface area contributed by atoms with E-state index in [1.165, 1.54) is 21.9 Å². The van der Waals surface area contributed by atoms with Crippen LogP contribution in [0.1, 0.15) is 48.6 Å². The van der Waals surface area contributed by atoms with Gasteiger partial charge in [-0.3, -0.25) is 4.57 Å². The molecule has 0 radical (unpaired) electrons. The number of para-hydroxylation sites is 2. The van der Waals surface area contributed by atoms with Crippen LogP contribution in [-0.2, 0) is 5.41 Å². The smallest absolute Gasteiger partial charge is 0.158 e. The highest BCUT2D eigenvalue weighted by Crippen LogP contribution is 2.45. The fourth-order valence-electron chi connectivity index (χ4n) is 8.45. The van der Waals surface area contributed by atoms with Gasteiger partial charge in [-0.25, -0.2) is 9.97 Å². The minimum absolute atomic E-state index is 0.0215. The van der Waals surface area contributed by atoms with Crippen molar-refractivity contribution in [1.82, 2.24) is 14.5 Å². The average Bonchev–Trinajstić information content (AvgIpc) is 3.82. The highest BCUT2D eigenvalue weighted by Gasteiger charge is 2.30. The molecule has 0 saturated heterocycles. The number of hydrogen-bond acceptors (Lipinski definition) is 4. The molecule has 5 nitrogen and oxygen atoms in total. The summed E-state index contributed by atoms with van der Waals surface area (Å²) in [5.41, 5.74) is 13.6. The molecule has 5 heteroatoms. The number of benzene rings is 6. The first-order valence-corrected chi connectivity index (χ1v) is 19.9. The molecular weight excluding hydrogens is 707 g/mol. The van der Waals surface area contributed by atoms with Crippen LogP contribution in [0.15, 0.2) is 194 Å². The Kier molecular flexibility index (Phi) is 8.71. The van der Waals surface area contributed by atoms with Crippen molar-refractivity contribution in [1.29, 1.82) is 0 Å². The van der Waals surface area contributed by atoms with Crippen LogP contribution in [-0.4, -0.2) is 21.2 Å². The molecule has 280 valence electrons. The maximum atomic E-state index is 5.00. The Morgan fingerprint density at radius 2 is 1.09 bits per heavy atom. The van der Waals surface area contributed by atoms with E-state index in [1.807, 2.05) is 18.5 Å². The molecule has 3 aromatic heterocycles. The molecule has 0 amide bonds. The van der Waals surface area contributed by atoms with Crippen LogP contribution in [0.25, 0.3) is 38.8 Å². The predicted molar refractivity (Wildman–Crippen MR) is 241 cm³/mol. The fourth-order valence-corrected chi connectivity index (χ4v) is 8.45. The molecule has 0 bridgehead atoms. The lowest BCUT2D eigenvalue weighted by molar-refractivity contribution is 0.588. The number of aromatic nitrogens is 3. The van der Waals surface area contributed by atoms with Crippen molar-refractivity contribution in [3.05, 3.63) is 222 Å². The van der Waals surface area contributed by atoms with E-state index in [2.05, 4.69) is 211 Å². The van der Waals surface area contributed by atoms with E-state index in [0.717, 1.165) is 67.6 Å². The van der Waals surface area contributed by atoms with Gasteiger partial charge in [0, 0.05) is 34.5 Å². The second-order valence-electron chi connectivity index (χ2n) is 15.9. The van der Waals surface area contributed by atoms with Crippen LogP contribution in [0.4, 0.5) is 22.9 Å². The lowest BCUT2D eigenvalue weighted by Crippen LogP contribution is -2.24. The van der Waals surface area contributed by atoms with Gasteiger partial charge in [-0.1, -0.05) is 142 Å². The summed E-state index contributed by atoms with van der Waals surface area (Å²) in [4.78, 5) is 14.6. The highest BCUT2D eigenvalue weighted by atomic mass is 15.4. The summed E-state index contributed by atoms with van der Waals surface area (Å²) in [7, 11) is 0. The van der Waals surface area contributed by atoms with E-state index < -0.39 is 0 Å². The quantitative estimate of drug-likeness (QED) is 0.152. The Bertz CT molecular complexity index is 2920. The van der Waals surface area contributed by atoms with Crippen molar-refractivity contribution in [3.63, 3.8) is 0 Å². The van der Waals surface area contributed by atoms with Gasteiger partial charge in [-0.2, -0.15) is 0 Å². The number of rotatable bonds is 7. The van der Waals surface area contributed by atoms with Crippen LogP contribution in [0.2, 0.25) is 0 Å². The Morgan fingerprint density at radius 1 is 0.466 bits per heavy atom. The Labute approximate surface area is 339 Å². The third kappa shape index (κ3) is 6.22. The summed E-state index contributed by atoms with van der Waals surface area (Å²) in [5, 5.41) is 2.39. The molecule has 6 aromatic carbocycles. The Hall–Kier alpha value is -7.24. The van der Waals surface area contributed by atoms with Crippen molar-refractivity contribution in [2.24, 2.45) is 0 Å². The zero-order chi connectivity index (χ0) is 39.2. The molecule has 9 aromatic rings. The zero-order valence-electron chi connectivity index (χ0n) is 32.9. The maximum Gasteiger partial charge on any atom is 0.158 e. The van der Waals surface area contributed by atoms with Crippen molar-refractivity contribution in [2.75, 3.05) is 16.5 Å². The molecule has 0 N–H and O–H groups in total. The first kappa shape index (κ1) is 35.2. The molecule has 1 aliphatic heterocycles. The van der Waals surface area contributed by atoms with Crippen LogP contribution < -0.4 is 9.80 Å². The Balaban J connectivity index is 1.22. The normalized spacial score (nSPS) is 12.6. The minimum atomic E-state index is -0.0215. The van der Waals surface area contributed by atoms with E-state index in [9.17, 15) is 0 Å². The molecule has 0 atom stereocenters. The van der Waals surface area contributed by atoms with Crippen LogP contribution in [0.3, 0.4) is 0 Å². The predicted octanol–water partition coefficient (Wildman–Crippen LogP) is 13.1. The molecule has 0 saturated carbocycles. The summed E-state index contributed by atoms with van der Waals surface area (Å²) >= 11 is 0. The third-order valence-corrected chi connectivity index (χ3v) is 11.3. The van der Waals surface area contributed by atoms with Crippen LogP contribution >= 0.6 is 0 Å². The number of anilines is 4. The molecule has 0 unspecified atom stereocenters. The van der Waals surface area contributed by atoms with Gasteiger partial charge < -0.3 is 9.80 Å². The van der Waals surface area contributed by atoms with E-state index >= 15 is 0 Å². The van der Waals surface area contributed by atoms with Gasteiger partial charge in [-0.05, 0) is 105 Å². The standard InChI is InChI=1S/C53H43N5/c1-53(2,3)41-30-32-54-49(35-41)58-46-26-14-13-25-44(46)45-29-28-40(34-48(45)58)51(50(37-17-7-4-8-18-37)38-19-9-5-10-20-38)39-21-15-24-43(33-39)57-36-56(42-22-11-6-12-23-42)47-27-16-31-55-52(47)57/h4-35H,36H2,1-3H3. The lowest BCUT2D eigenvalue weighted by Gasteiger charge is -2.23. The van der Waals surface area contributed by atoms with Gasteiger partial charge in [0.2, 0.25) is 0 Å². The van der Waals surface area contributed by atoms with Crippen LogP contribution in [0.5, 0.6) is 0 Å².